The number of terminal acetylenes is 1. The Morgan fingerprint density at radius 3 is 2.78 bits per heavy atom. The molecular weight excluding hydrogens is 224 g/mol. The minimum atomic E-state index is -0.0339. The fourth-order valence-electron chi connectivity index (χ4n) is 2.84. The van der Waals surface area contributed by atoms with Gasteiger partial charge < -0.3 is 11.1 Å². The maximum atomic E-state index is 12.2. The van der Waals surface area contributed by atoms with E-state index in [9.17, 15) is 4.79 Å². The van der Waals surface area contributed by atoms with E-state index in [0.29, 0.717) is 12.5 Å². The topological polar surface area (TPSA) is 55.1 Å². The molecule has 3 atom stereocenters. The standard InChI is InChI=1S/C15H26N2O/c1-5-6-7-10-17-14(18)12-8-9-13(16)11(2)15(12,3)4/h1,11-13H,6-10,16H2,2-4H3,(H,17,18). The van der Waals surface area contributed by atoms with Crippen LogP contribution in [0.25, 0.3) is 0 Å². The van der Waals surface area contributed by atoms with E-state index in [2.05, 4.69) is 32.0 Å². The lowest BCUT2D eigenvalue weighted by Gasteiger charge is -2.46. The van der Waals surface area contributed by atoms with Gasteiger partial charge in [-0.3, -0.25) is 4.79 Å². The minimum absolute atomic E-state index is 0.0339. The molecule has 1 aliphatic rings. The van der Waals surface area contributed by atoms with Crippen molar-refractivity contribution in [2.45, 2.75) is 52.5 Å². The van der Waals surface area contributed by atoms with Gasteiger partial charge in [0.2, 0.25) is 5.91 Å². The van der Waals surface area contributed by atoms with Gasteiger partial charge in [0, 0.05) is 24.9 Å². The van der Waals surface area contributed by atoms with E-state index in [1.165, 1.54) is 0 Å². The molecule has 1 saturated carbocycles. The average Bonchev–Trinajstić information content (AvgIpc) is 2.31. The molecule has 3 heteroatoms. The third-order valence-corrected chi connectivity index (χ3v) is 4.62. The molecule has 3 N–H and O–H groups in total. The van der Waals surface area contributed by atoms with E-state index < -0.39 is 0 Å². The second kappa shape index (κ2) is 6.24. The second-order valence-corrected chi connectivity index (χ2v) is 6.00. The smallest absolute Gasteiger partial charge is 0.223 e. The predicted octanol–water partition coefficient (Wildman–Crippen LogP) is 1.92. The van der Waals surface area contributed by atoms with Gasteiger partial charge in [0.05, 0.1) is 0 Å². The molecule has 1 amide bonds. The number of nitrogens with one attached hydrogen (secondary N) is 1. The van der Waals surface area contributed by atoms with Gasteiger partial charge in [0.1, 0.15) is 0 Å². The van der Waals surface area contributed by atoms with Gasteiger partial charge in [-0.2, -0.15) is 0 Å². The van der Waals surface area contributed by atoms with Crippen LogP contribution in [0, 0.1) is 29.6 Å². The molecule has 1 rings (SSSR count). The third-order valence-electron chi connectivity index (χ3n) is 4.62. The molecule has 0 radical (unpaired) electrons. The predicted molar refractivity (Wildman–Crippen MR) is 74.7 cm³/mol. The molecule has 0 aromatic carbocycles. The van der Waals surface area contributed by atoms with Crippen LogP contribution in [0.2, 0.25) is 0 Å². The quantitative estimate of drug-likeness (QED) is 0.591. The van der Waals surface area contributed by atoms with Gasteiger partial charge in [0.15, 0.2) is 0 Å². The summed E-state index contributed by atoms with van der Waals surface area (Å²) in [6.07, 6.45) is 8.58. The molecule has 0 aliphatic heterocycles. The molecule has 0 aromatic rings. The van der Waals surface area contributed by atoms with Crippen LogP contribution < -0.4 is 11.1 Å². The lowest BCUT2D eigenvalue weighted by Crippen LogP contribution is -2.51. The van der Waals surface area contributed by atoms with Gasteiger partial charge >= 0.3 is 0 Å². The second-order valence-electron chi connectivity index (χ2n) is 6.00. The summed E-state index contributed by atoms with van der Waals surface area (Å²) >= 11 is 0. The first-order chi connectivity index (χ1) is 8.41. The highest BCUT2D eigenvalue weighted by atomic mass is 16.1. The van der Waals surface area contributed by atoms with Crippen LogP contribution in [0.3, 0.4) is 0 Å². The Bertz CT molecular complexity index is 330. The highest BCUT2D eigenvalue weighted by molar-refractivity contribution is 5.79. The number of carbonyl (C=O) groups excluding carboxylic acids is 1. The number of hydrogen-bond donors (Lipinski definition) is 2. The van der Waals surface area contributed by atoms with E-state index >= 15 is 0 Å². The molecule has 1 fully saturated rings. The largest absolute Gasteiger partial charge is 0.356 e. The van der Waals surface area contributed by atoms with Gasteiger partial charge in [0.25, 0.3) is 0 Å². The summed E-state index contributed by atoms with van der Waals surface area (Å²) < 4.78 is 0. The Labute approximate surface area is 111 Å². The number of carbonyl (C=O) groups is 1. The first-order valence-corrected chi connectivity index (χ1v) is 6.88. The number of hydrogen-bond acceptors (Lipinski definition) is 2. The van der Waals surface area contributed by atoms with Gasteiger partial charge in [-0.05, 0) is 30.6 Å². The van der Waals surface area contributed by atoms with Crippen molar-refractivity contribution in [3.8, 4) is 12.3 Å². The normalized spacial score (nSPS) is 30.5. The Morgan fingerprint density at radius 2 is 2.17 bits per heavy atom. The summed E-state index contributed by atoms with van der Waals surface area (Å²) in [5.41, 5.74) is 6.07. The molecular formula is C15H26N2O. The molecule has 0 spiro atoms. The monoisotopic (exact) mass is 250 g/mol. The summed E-state index contributed by atoms with van der Waals surface area (Å²) in [7, 11) is 0. The maximum Gasteiger partial charge on any atom is 0.223 e. The molecule has 1 aliphatic carbocycles. The number of amides is 1. The van der Waals surface area contributed by atoms with Crippen LogP contribution in [-0.4, -0.2) is 18.5 Å². The average molecular weight is 250 g/mol. The Hall–Kier alpha value is -1.01. The van der Waals surface area contributed by atoms with E-state index in [0.717, 1.165) is 25.7 Å². The fourth-order valence-corrected chi connectivity index (χ4v) is 2.84. The van der Waals surface area contributed by atoms with E-state index in [1.807, 2.05) is 0 Å². The van der Waals surface area contributed by atoms with Crippen molar-refractivity contribution in [3.05, 3.63) is 0 Å². The Balaban J connectivity index is 2.55. The van der Waals surface area contributed by atoms with Crippen molar-refractivity contribution in [2.75, 3.05) is 6.54 Å². The van der Waals surface area contributed by atoms with Gasteiger partial charge in [-0.1, -0.05) is 20.8 Å². The van der Waals surface area contributed by atoms with Crippen molar-refractivity contribution in [1.29, 1.82) is 0 Å². The van der Waals surface area contributed by atoms with Crippen LogP contribution in [0.15, 0.2) is 0 Å². The summed E-state index contributed by atoms with van der Waals surface area (Å²) in [5, 5.41) is 3.00. The first kappa shape index (κ1) is 15.0. The van der Waals surface area contributed by atoms with Crippen LogP contribution >= 0.6 is 0 Å². The first-order valence-electron chi connectivity index (χ1n) is 6.88. The summed E-state index contributed by atoms with van der Waals surface area (Å²) in [6, 6.07) is 0.213. The number of unbranched alkanes of at least 4 members (excludes halogenated alkanes) is 1. The van der Waals surface area contributed by atoms with Crippen LogP contribution in [0.1, 0.15) is 46.5 Å². The van der Waals surface area contributed by atoms with Gasteiger partial charge in [-0.25, -0.2) is 0 Å². The van der Waals surface area contributed by atoms with Crippen molar-refractivity contribution in [1.82, 2.24) is 5.32 Å². The van der Waals surface area contributed by atoms with Crippen LogP contribution in [0.5, 0.6) is 0 Å². The van der Waals surface area contributed by atoms with Crippen molar-refractivity contribution in [3.63, 3.8) is 0 Å². The van der Waals surface area contributed by atoms with E-state index in [1.54, 1.807) is 0 Å². The minimum Gasteiger partial charge on any atom is -0.356 e. The van der Waals surface area contributed by atoms with E-state index in [4.69, 9.17) is 12.2 Å². The molecule has 3 nitrogen and oxygen atoms in total. The van der Waals surface area contributed by atoms with Crippen LogP contribution in [0.4, 0.5) is 0 Å². The molecule has 0 bridgehead atoms. The van der Waals surface area contributed by atoms with E-state index in [-0.39, 0.29) is 23.3 Å². The van der Waals surface area contributed by atoms with Crippen LogP contribution in [-0.2, 0) is 4.79 Å². The number of nitrogens with two attached hydrogens (primary N) is 1. The summed E-state index contributed by atoms with van der Waals surface area (Å²) in [4.78, 5) is 12.2. The number of rotatable bonds is 4. The summed E-state index contributed by atoms with van der Waals surface area (Å²) in [6.45, 7) is 7.14. The maximum absolute atomic E-state index is 12.2. The zero-order valence-electron chi connectivity index (χ0n) is 11.8. The molecule has 3 unspecified atom stereocenters. The SMILES string of the molecule is C#CCCCNC(=O)C1CCC(N)C(C)C1(C)C. The van der Waals surface area contributed by atoms with Crippen molar-refractivity contribution in [2.24, 2.45) is 23.0 Å². The fraction of sp³-hybridized carbons (Fsp3) is 0.800. The Morgan fingerprint density at radius 1 is 1.50 bits per heavy atom. The Kier molecular flexibility index (Phi) is 5.22. The summed E-state index contributed by atoms with van der Waals surface area (Å²) in [5.74, 6) is 3.18. The lowest BCUT2D eigenvalue weighted by atomic mass is 9.61. The molecule has 18 heavy (non-hydrogen) atoms. The van der Waals surface area contributed by atoms with Crippen molar-refractivity contribution >= 4 is 5.91 Å². The zero-order chi connectivity index (χ0) is 13.8. The highest BCUT2D eigenvalue weighted by Gasteiger charge is 2.44. The molecule has 0 aromatic heterocycles. The molecule has 0 heterocycles. The zero-order valence-corrected chi connectivity index (χ0v) is 11.8. The molecule has 102 valence electrons. The lowest BCUT2D eigenvalue weighted by molar-refractivity contribution is -0.132. The van der Waals surface area contributed by atoms with Crippen molar-refractivity contribution < 1.29 is 4.79 Å². The third kappa shape index (κ3) is 3.26. The highest BCUT2D eigenvalue weighted by Crippen LogP contribution is 2.44. The molecule has 0 saturated heterocycles. The van der Waals surface area contributed by atoms with Gasteiger partial charge in [-0.15, -0.1) is 12.3 Å².